The van der Waals surface area contributed by atoms with Gasteiger partial charge in [0.2, 0.25) is 0 Å². The van der Waals surface area contributed by atoms with Crippen LogP contribution < -0.4 is 9.80 Å². The van der Waals surface area contributed by atoms with E-state index in [1.807, 2.05) is 12.2 Å². The van der Waals surface area contributed by atoms with Crippen LogP contribution in [0.25, 0.3) is 53.9 Å². The molecule has 0 saturated heterocycles. The van der Waals surface area contributed by atoms with Crippen LogP contribution in [0.3, 0.4) is 0 Å². The molecule has 9 aromatic carbocycles. The Bertz CT molecular complexity index is 2900. The third kappa shape index (κ3) is 4.53. The first-order chi connectivity index (χ1) is 24.8. The molecule has 0 fully saturated rings. The molecule has 232 valence electrons. The highest BCUT2D eigenvalue weighted by Gasteiger charge is 2.22. The fourth-order valence-electron chi connectivity index (χ4n) is 7.68. The molecule has 9 aromatic rings. The van der Waals surface area contributed by atoms with Crippen LogP contribution in [0.2, 0.25) is 0 Å². The molecule has 0 saturated carbocycles. The van der Waals surface area contributed by atoms with E-state index in [0.717, 1.165) is 34.1 Å². The Morgan fingerprint density at radius 2 is 0.880 bits per heavy atom. The molecule has 0 bridgehead atoms. The van der Waals surface area contributed by atoms with Gasteiger partial charge in [-0.25, -0.2) is 0 Å². The van der Waals surface area contributed by atoms with Crippen molar-refractivity contribution in [2.75, 3.05) is 9.80 Å². The first-order valence-corrected chi connectivity index (χ1v) is 17.0. The van der Waals surface area contributed by atoms with Gasteiger partial charge in [-0.1, -0.05) is 127 Å². The molecule has 0 aromatic heterocycles. The van der Waals surface area contributed by atoms with Gasteiger partial charge in [-0.05, 0) is 110 Å². The van der Waals surface area contributed by atoms with Gasteiger partial charge in [0, 0.05) is 27.8 Å². The molecule has 2 nitrogen and oxygen atoms in total. The van der Waals surface area contributed by atoms with E-state index < -0.39 is 0 Å². The maximum absolute atomic E-state index is 3.41. The van der Waals surface area contributed by atoms with Crippen molar-refractivity contribution in [2.45, 2.75) is 0 Å². The largest absolute Gasteiger partial charge is 0.310 e. The number of para-hydroxylation sites is 1. The number of allylic oxidation sites excluding steroid dienone is 3. The molecule has 2 heteroatoms. The summed E-state index contributed by atoms with van der Waals surface area (Å²) in [5.74, 6) is 0. The summed E-state index contributed by atoms with van der Waals surface area (Å²) in [5.41, 5.74) is 13.2. The second-order valence-corrected chi connectivity index (χ2v) is 12.8. The summed E-state index contributed by atoms with van der Waals surface area (Å²) in [6.07, 6.45) is 6.05. The summed E-state index contributed by atoms with van der Waals surface area (Å²) in [4.78, 5) is 4.72. The first kappa shape index (κ1) is 28.2. The predicted octanol–water partition coefficient (Wildman–Crippen LogP) is 13.3. The summed E-state index contributed by atoms with van der Waals surface area (Å²) in [7, 11) is 0. The Morgan fingerprint density at radius 3 is 1.46 bits per heavy atom. The fourth-order valence-corrected chi connectivity index (χ4v) is 7.68. The van der Waals surface area contributed by atoms with E-state index in [1.54, 1.807) is 0 Å². The Kier molecular flexibility index (Phi) is 6.44. The van der Waals surface area contributed by atoms with Crippen LogP contribution in [-0.4, -0.2) is 0 Å². The molecule has 0 amide bonds. The van der Waals surface area contributed by atoms with Gasteiger partial charge in [0.15, 0.2) is 0 Å². The average molecular weight is 635 g/mol. The van der Waals surface area contributed by atoms with E-state index in [1.165, 1.54) is 53.9 Å². The zero-order chi connectivity index (χ0) is 33.0. The summed E-state index contributed by atoms with van der Waals surface area (Å²) >= 11 is 0. The van der Waals surface area contributed by atoms with Crippen molar-refractivity contribution in [3.63, 3.8) is 0 Å². The van der Waals surface area contributed by atoms with Gasteiger partial charge in [0.25, 0.3) is 0 Å². The lowest BCUT2D eigenvalue weighted by atomic mass is 9.91. The number of nitrogens with zero attached hydrogens (tertiary/aromatic N) is 2. The van der Waals surface area contributed by atoms with Crippen molar-refractivity contribution < 1.29 is 0 Å². The number of rotatable bonds is 6. The van der Waals surface area contributed by atoms with Gasteiger partial charge in [-0.3, -0.25) is 0 Å². The Labute approximate surface area is 290 Å². The monoisotopic (exact) mass is 634 g/mol. The van der Waals surface area contributed by atoms with Crippen molar-refractivity contribution >= 4 is 82.3 Å². The van der Waals surface area contributed by atoms with Gasteiger partial charge in [-0.2, -0.15) is 0 Å². The zero-order valence-corrected chi connectivity index (χ0v) is 27.2. The number of hydrogen-bond donors (Lipinski definition) is 0. The number of fused-ring (bicyclic) bond motifs is 2. The Morgan fingerprint density at radius 1 is 0.380 bits per heavy atom. The van der Waals surface area contributed by atoms with Crippen LogP contribution in [0.5, 0.6) is 0 Å². The molecule has 0 unspecified atom stereocenters. The van der Waals surface area contributed by atoms with E-state index >= 15 is 0 Å². The molecule has 1 aliphatic rings. The lowest BCUT2D eigenvalue weighted by molar-refractivity contribution is 1.23. The summed E-state index contributed by atoms with van der Waals surface area (Å²) in [6, 6.07) is 59.5. The lowest BCUT2D eigenvalue weighted by Gasteiger charge is -2.29. The minimum Gasteiger partial charge on any atom is -0.310 e. The zero-order valence-electron chi connectivity index (χ0n) is 27.2. The number of anilines is 5. The summed E-state index contributed by atoms with van der Waals surface area (Å²) in [6.45, 7) is 0. The van der Waals surface area contributed by atoms with Crippen LogP contribution in [0.1, 0.15) is 0 Å². The number of hydrogen-bond acceptors (Lipinski definition) is 2. The van der Waals surface area contributed by atoms with Crippen molar-refractivity contribution in [3.05, 3.63) is 199 Å². The fraction of sp³-hybridized carbons (Fsp3) is 0. The predicted molar refractivity (Wildman–Crippen MR) is 213 cm³/mol. The van der Waals surface area contributed by atoms with Crippen LogP contribution in [0.15, 0.2) is 199 Å². The van der Waals surface area contributed by atoms with Gasteiger partial charge >= 0.3 is 0 Å². The summed E-state index contributed by atoms with van der Waals surface area (Å²) in [5, 5.41) is 12.3. The van der Waals surface area contributed by atoms with E-state index in [2.05, 4.69) is 191 Å². The van der Waals surface area contributed by atoms with Crippen molar-refractivity contribution in [1.29, 1.82) is 0 Å². The highest BCUT2D eigenvalue weighted by Crippen LogP contribution is 2.47. The topological polar surface area (TPSA) is 6.48 Å². The molecular formula is C48H30N2. The molecule has 0 spiro atoms. The highest BCUT2D eigenvalue weighted by atomic mass is 15.2. The van der Waals surface area contributed by atoms with E-state index in [-0.39, 0.29) is 0 Å². The Hall–Kier alpha value is -6.82. The third-order valence-corrected chi connectivity index (χ3v) is 9.97. The van der Waals surface area contributed by atoms with Crippen molar-refractivity contribution in [3.8, 4) is 0 Å². The molecule has 0 aliphatic heterocycles. The SMILES string of the molecule is C1=C=C(N(c2ccc3ccccc3c2)c2ccc3ccc4c(N(c5ccccc5)c5ccc6ccccc6c5)ccc5ccc2c3c54)C=CC=1. The third-order valence-electron chi connectivity index (χ3n) is 9.97. The molecule has 50 heavy (non-hydrogen) atoms. The lowest BCUT2D eigenvalue weighted by Crippen LogP contribution is -2.15. The van der Waals surface area contributed by atoms with Gasteiger partial charge in [0.05, 0.1) is 17.1 Å². The molecule has 0 N–H and O–H groups in total. The standard InChI is InChI=1S/C48H30N2/c1-3-15-39(16-4-1)49(41-25-19-33-11-7-9-13-37(33)31-41)45-29-23-35-22-28-44-46(30-24-36-21-27-43(45)47(35)48(36)44)50(40-17-5-2-6-18-40)42-26-20-34-12-8-10-14-38(34)32-42/h1-5,7-17,19-32H. The molecular weight excluding hydrogens is 605 g/mol. The quantitative estimate of drug-likeness (QED) is 0.133. The number of benzene rings is 9. The van der Waals surface area contributed by atoms with E-state index in [0.29, 0.717) is 0 Å². The first-order valence-electron chi connectivity index (χ1n) is 17.0. The van der Waals surface area contributed by atoms with Crippen molar-refractivity contribution in [2.24, 2.45) is 0 Å². The maximum Gasteiger partial charge on any atom is 0.0973 e. The highest BCUT2D eigenvalue weighted by molar-refractivity contribution is 6.28. The molecule has 0 radical (unpaired) electrons. The van der Waals surface area contributed by atoms with E-state index in [4.69, 9.17) is 0 Å². The molecule has 0 atom stereocenters. The smallest absolute Gasteiger partial charge is 0.0973 e. The average Bonchev–Trinajstić information content (AvgIpc) is 3.19. The van der Waals surface area contributed by atoms with Crippen LogP contribution in [0.4, 0.5) is 28.4 Å². The minimum absolute atomic E-state index is 0.949. The van der Waals surface area contributed by atoms with Gasteiger partial charge in [0.1, 0.15) is 0 Å². The van der Waals surface area contributed by atoms with Gasteiger partial charge in [-0.15, -0.1) is 0 Å². The second-order valence-electron chi connectivity index (χ2n) is 12.8. The molecule has 0 heterocycles. The second kappa shape index (κ2) is 11.4. The van der Waals surface area contributed by atoms with E-state index in [9.17, 15) is 0 Å². The Balaban J connectivity index is 1.23. The van der Waals surface area contributed by atoms with Gasteiger partial charge < -0.3 is 9.80 Å². The van der Waals surface area contributed by atoms with Crippen LogP contribution >= 0.6 is 0 Å². The van der Waals surface area contributed by atoms with Crippen LogP contribution in [0, 0.1) is 0 Å². The molecule has 10 rings (SSSR count). The maximum atomic E-state index is 3.41. The summed E-state index contributed by atoms with van der Waals surface area (Å²) < 4.78 is 0. The normalized spacial score (nSPS) is 12.4. The van der Waals surface area contributed by atoms with Crippen LogP contribution in [-0.2, 0) is 0 Å². The minimum atomic E-state index is 0.949. The van der Waals surface area contributed by atoms with Crippen molar-refractivity contribution in [1.82, 2.24) is 0 Å². The molecule has 1 aliphatic carbocycles.